The quantitative estimate of drug-likeness (QED) is 0.446. The van der Waals surface area contributed by atoms with Crippen LogP contribution in [0.3, 0.4) is 0 Å². The average molecular weight is 129 g/mol. The zero-order valence-electron chi connectivity index (χ0n) is 6.12. The summed E-state index contributed by atoms with van der Waals surface area (Å²) < 4.78 is 0. The molecule has 0 aromatic rings. The Labute approximate surface area is 56.2 Å². The predicted molar refractivity (Wildman–Crippen MR) is 38.6 cm³/mol. The van der Waals surface area contributed by atoms with Crippen molar-refractivity contribution in [3.8, 4) is 0 Å². The Morgan fingerprint density at radius 2 is 2.11 bits per heavy atom. The zero-order chi connectivity index (χ0) is 6.74. The maximum Gasteiger partial charge on any atom is 0.0555 e. The Bertz CT molecular complexity index is 82.8. The lowest BCUT2D eigenvalue weighted by Crippen LogP contribution is -2.70. The van der Waals surface area contributed by atoms with Crippen molar-refractivity contribution >= 4 is 0 Å². The second kappa shape index (κ2) is 2.64. The van der Waals surface area contributed by atoms with Crippen LogP contribution in [0.2, 0.25) is 0 Å². The largest absolute Gasteiger partial charge is 0.318 e. The van der Waals surface area contributed by atoms with E-state index in [2.05, 4.69) is 16.0 Å². The summed E-state index contributed by atoms with van der Waals surface area (Å²) in [5.74, 6) is 0. The minimum Gasteiger partial charge on any atom is -0.318 e. The third-order valence-corrected chi connectivity index (χ3v) is 1.97. The van der Waals surface area contributed by atoms with Crippen molar-refractivity contribution in [2.24, 2.45) is 0 Å². The minimum atomic E-state index is 0.342. The number of rotatable bonds is 3. The third kappa shape index (κ3) is 1.23. The minimum absolute atomic E-state index is 0.342. The Hall–Kier alpha value is -0.120. The first-order valence-corrected chi connectivity index (χ1v) is 3.37. The highest BCUT2D eigenvalue weighted by atomic mass is 15.2. The van der Waals surface area contributed by atoms with Crippen molar-refractivity contribution in [1.82, 2.24) is 16.0 Å². The lowest BCUT2D eigenvalue weighted by molar-refractivity contribution is 0.226. The van der Waals surface area contributed by atoms with E-state index >= 15 is 0 Å². The van der Waals surface area contributed by atoms with Gasteiger partial charge in [-0.1, -0.05) is 0 Å². The maximum atomic E-state index is 3.29. The fourth-order valence-electron chi connectivity index (χ4n) is 1.16. The number of nitrogens with one attached hydrogen (secondary N) is 3. The predicted octanol–water partition coefficient (Wildman–Crippen LogP) is -1.23. The van der Waals surface area contributed by atoms with E-state index in [4.69, 9.17) is 0 Å². The molecule has 1 saturated heterocycles. The fourth-order valence-corrected chi connectivity index (χ4v) is 1.16. The van der Waals surface area contributed by atoms with Gasteiger partial charge >= 0.3 is 0 Å². The van der Waals surface area contributed by atoms with Crippen molar-refractivity contribution < 1.29 is 0 Å². The highest BCUT2D eigenvalue weighted by Gasteiger charge is 2.33. The van der Waals surface area contributed by atoms with Crippen LogP contribution in [0.15, 0.2) is 0 Å². The van der Waals surface area contributed by atoms with Gasteiger partial charge in [-0.2, -0.15) is 0 Å². The molecule has 0 amide bonds. The maximum absolute atomic E-state index is 3.29. The lowest BCUT2D eigenvalue weighted by Gasteiger charge is -2.42. The molecule has 1 rings (SSSR count). The van der Waals surface area contributed by atoms with Crippen LogP contribution in [0.5, 0.6) is 0 Å². The highest BCUT2D eigenvalue weighted by Crippen LogP contribution is 2.07. The molecule has 0 aromatic heterocycles. The molecule has 3 heteroatoms. The summed E-state index contributed by atoms with van der Waals surface area (Å²) in [5, 5.41) is 9.68. The zero-order valence-corrected chi connectivity index (χ0v) is 6.12. The number of hydrogen-bond donors (Lipinski definition) is 3. The van der Waals surface area contributed by atoms with Crippen LogP contribution >= 0.6 is 0 Å². The molecule has 0 bridgehead atoms. The molecule has 9 heavy (non-hydrogen) atoms. The molecule has 1 aliphatic rings. The smallest absolute Gasteiger partial charge is 0.0555 e. The van der Waals surface area contributed by atoms with Gasteiger partial charge in [-0.3, -0.25) is 0 Å². The van der Waals surface area contributed by atoms with E-state index in [9.17, 15) is 0 Å². The summed E-state index contributed by atoms with van der Waals surface area (Å²) in [6.07, 6.45) is 0. The molecule has 0 spiro atoms. The summed E-state index contributed by atoms with van der Waals surface area (Å²) in [5.41, 5.74) is 0.342. The van der Waals surface area contributed by atoms with Gasteiger partial charge in [0, 0.05) is 19.6 Å². The second-order valence-corrected chi connectivity index (χ2v) is 2.66. The van der Waals surface area contributed by atoms with Crippen LogP contribution in [-0.2, 0) is 0 Å². The molecule has 0 atom stereocenters. The van der Waals surface area contributed by atoms with Gasteiger partial charge in [0.1, 0.15) is 0 Å². The molecule has 0 saturated carbocycles. The van der Waals surface area contributed by atoms with Gasteiger partial charge in [0.25, 0.3) is 0 Å². The van der Waals surface area contributed by atoms with E-state index in [1.54, 1.807) is 0 Å². The van der Waals surface area contributed by atoms with Crippen molar-refractivity contribution in [3.05, 3.63) is 0 Å². The SMILES string of the molecule is CNCC1(NC)CNC1. The molecular formula is C6H15N3. The molecule has 0 aromatic carbocycles. The third-order valence-electron chi connectivity index (χ3n) is 1.97. The standard InChI is InChI=1S/C6H15N3/c1-7-3-6(8-2)4-9-5-6/h7-9H,3-5H2,1-2H3. The fraction of sp³-hybridized carbons (Fsp3) is 1.00. The summed E-state index contributed by atoms with van der Waals surface area (Å²) in [4.78, 5) is 0. The first kappa shape index (κ1) is 6.99. The van der Waals surface area contributed by atoms with Crippen molar-refractivity contribution in [1.29, 1.82) is 0 Å². The Balaban J connectivity index is 2.28. The topological polar surface area (TPSA) is 36.1 Å². The summed E-state index contributed by atoms with van der Waals surface area (Å²) >= 11 is 0. The van der Waals surface area contributed by atoms with E-state index in [1.807, 2.05) is 14.1 Å². The molecule has 0 unspecified atom stereocenters. The number of likely N-dealkylation sites (N-methyl/N-ethyl adjacent to an activating group) is 2. The van der Waals surface area contributed by atoms with Crippen LogP contribution in [-0.4, -0.2) is 39.3 Å². The van der Waals surface area contributed by atoms with E-state index < -0.39 is 0 Å². The number of hydrogen-bond acceptors (Lipinski definition) is 3. The van der Waals surface area contributed by atoms with Crippen LogP contribution in [0, 0.1) is 0 Å². The monoisotopic (exact) mass is 129 g/mol. The van der Waals surface area contributed by atoms with E-state index in [0.29, 0.717) is 5.54 Å². The van der Waals surface area contributed by atoms with E-state index in [0.717, 1.165) is 19.6 Å². The van der Waals surface area contributed by atoms with Crippen molar-refractivity contribution in [3.63, 3.8) is 0 Å². The van der Waals surface area contributed by atoms with Gasteiger partial charge < -0.3 is 16.0 Å². The molecule has 54 valence electrons. The lowest BCUT2D eigenvalue weighted by atomic mass is 9.93. The van der Waals surface area contributed by atoms with Gasteiger partial charge in [0.05, 0.1) is 5.54 Å². The molecule has 1 aliphatic heterocycles. The molecule has 1 fully saturated rings. The van der Waals surface area contributed by atoms with E-state index in [1.165, 1.54) is 0 Å². The normalized spacial score (nSPS) is 23.3. The van der Waals surface area contributed by atoms with E-state index in [-0.39, 0.29) is 0 Å². The molecule has 3 N–H and O–H groups in total. The first-order chi connectivity index (χ1) is 4.33. The molecule has 3 nitrogen and oxygen atoms in total. The van der Waals surface area contributed by atoms with Crippen LogP contribution < -0.4 is 16.0 Å². The molecule has 0 aliphatic carbocycles. The summed E-state index contributed by atoms with van der Waals surface area (Å²) in [7, 11) is 4.00. The summed E-state index contributed by atoms with van der Waals surface area (Å²) in [6.45, 7) is 3.23. The first-order valence-electron chi connectivity index (χ1n) is 3.37. The highest BCUT2D eigenvalue weighted by molar-refractivity contribution is 5.00. The molecule has 0 radical (unpaired) electrons. The second-order valence-electron chi connectivity index (χ2n) is 2.66. The van der Waals surface area contributed by atoms with Crippen molar-refractivity contribution in [2.45, 2.75) is 5.54 Å². The van der Waals surface area contributed by atoms with Crippen LogP contribution in [0.4, 0.5) is 0 Å². The van der Waals surface area contributed by atoms with Gasteiger partial charge in [-0.15, -0.1) is 0 Å². The van der Waals surface area contributed by atoms with Gasteiger partial charge in [-0.25, -0.2) is 0 Å². The van der Waals surface area contributed by atoms with Crippen LogP contribution in [0.25, 0.3) is 0 Å². The molecule has 1 heterocycles. The van der Waals surface area contributed by atoms with Gasteiger partial charge in [0.15, 0.2) is 0 Å². The van der Waals surface area contributed by atoms with Crippen molar-refractivity contribution in [2.75, 3.05) is 33.7 Å². The Morgan fingerprint density at radius 3 is 2.22 bits per heavy atom. The Kier molecular flexibility index (Phi) is 2.05. The average Bonchev–Trinajstić information content (AvgIpc) is 1.79. The van der Waals surface area contributed by atoms with Gasteiger partial charge in [-0.05, 0) is 14.1 Å². The summed E-state index contributed by atoms with van der Waals surface area (Å²) in [6, 6.07) is 0. The van der Waals surface area contributed by atoms with Crippen LogP contribution in [0.1, 0.15) is 0 Å². The Morgan fingerprint density at radius 1 is 1.44 bits per heavy atom. The molecular weight excluding hydrogens is 114 g/mol. The van der Waals surface area contributed by atoms with Gasteiger partial charge in [0.2, 0.25) is 0 Å².